The summed E-state index contributed by atoms with van der Waals surface area (Å²) in [6.07, 6.45) is 5.53. The maximum Gasteiger partial charge on any atom is 0.256 e. The lowest BCUT2D eigenvalue weighted by Gasteiger charge is -2.22. The number of nitrogens with one attached hydrogen (secondary N) is 2. The average molecular weight is 375 g/mol. The predicted molar refractivity (Wildman–Crippen MR) is 101 cm³/mol. The first-order chi connectivity index (χ1) is 12.6. The minimum absolute atomic E-state index is 0.0678. The number of halogens is 1. The van der Waals surface area contributed by atoms with E-state index in [-0.39, 0.29) is 23.6 Å². The molecule has 26 heavy (non-hydrogen) atoms. The highest BCUT2D eigenvalue weighted by atomic mass is 35.5. The Labute approximate surface area is 157 Å². The predicted octanol–water partition coefficient (Wildman–Crippen LogP) is 3.01. The van der Waals surface area contributed by atoms with E-state index in [4.69, 9.17) is 11.6 Å². The Morgan fingerprint density at radius 2 is 1.88 bits per heavy atom. The number of rotatable bonds is 5. The first kappa shape index (κ1) is 18.5. The second-order valence-corrected chi connectivity index (χ2v) is 6.94. The first-order valence-corrected chi connectivity index (χ1v) is 9.32. The molecule has 0 spiro atoms. The molecular weight excluding hydrogens is 352 g/mol. The third-order valence-corrected chi connectivity index (χ3v) is 4.96. The van der Waals surface area contributed by atoms with E-state index in [0.29, 0.717) is 11.3 Å². The quantitative estimate of drug-likeness (QED) is 0.844. The van der Waals surface area contributed by atoms with Gasteiger partial charge in [-0.3, -0.25) is 9.59 Å². The summed E-state index contributed by atoms with van der Waals surface area (Å²) in [6.45, 7) is 1.66. The lowest BCUT2D eigenvalue weighted by atomic mass is 9.95. The molecule has 1 aliphatic carbocycles. The molecule has 1 aromatic carbocycles. The van der Waals surface area contributed by atoms with Crippen molar-refractivity contribution in [3.8, 4) is 5.69 Å². The summed E-state index contributed by atoms with van der Waals surface area (Å²) in [5, 5.41) is 10.2. The number of aromatic nitrogens is 2. The topological polar surface area (TPSA) is 76.0 Å². The van der Waals surface area contributed by atoms with Crippen molar-refractivity contribution in [3.63, 3.8) is 0 Å². The highest BCUT2D eigenvalue weighted by Crippen LogP contribution is 2.23. The van der Waals surface area contributed by atoms with Crippen molar-refractivity contribution in [3.05, 3.63) is 46.7 Å². The molecule has 0 atom stereocenters. The summed E-state index contributed by atoms with van der Waals surface area (Å²) < 4.78 is 1.52. The molecule has 1 saturated carbocycles. The van der Waals surface area contributed by atoms with Crippen LogP contribution < -0.4 is 10.6 Å². The molecule has 0 aliphatic heterocycles. The van der Waals surface area contributed by atoms with E-state index >= 15 is 0 Å². The fourth-order valence-electron chi connectivity index (χ4n) is 3.27. The molecule has 0 radical (unpaired) electrons. The number of carbonyl (C=O) groups is 2. The standard InChI is InChI=1S/C19H23ClN4O2/c1-13-17(18(20)24(23-13)15-10-6-3-7-11-15)19(26)21-12-16(25)22-14-8-4-2-5-9-14/h3,6-7,10-11,14H,2,4-5,8-9,12H2,1H3,(H,21,26)(H,22,25). The first-order valence-electron chi connectivity index (χ1n) is 8.94. The van der Waals surface area contributed by atoms with Crippen molar-refractivity contribution in [1.29, 1.82) is 0 Å². The van der Waals surface area contributed by atoms with Gasteiger partial charge in [0.1, 0.15) is 5.15 Å². The monoisotopic (exact) mass is 374 g/mol. The van der Waals surface area contributed by atoms with Crippen LogP contribution in [0.3, 0.4) is 0 Å². The number of amides is 2. The van der Waals surface area contributed by atoms with Crippen molar-refractivity contribution in [2.75, 3.05) is 6.54 Å². The molecule has 1 heterocycles. The molecule has 6 nitrogen and oxygen atoms in total. The summed E-state index contributed by atoms with van der Waals surface area (Å²) in [5.41, 5.74) is 1.58. The number of para-hydroxylation sites is 1. The van der Waals surface area contributed by atoms with Crippen molar-refractivity contribution in [1.82, 2.24) is 20.4 Å². The van der Waals surface area contributed by atoms with Gasteiger partial charge in [0, 0.05) is 6.04 Å². The van der Waals surface area contributed by atoms with Gasteiger partial charge in [-0.2, -0.15) is 5.10 Å². The molecule has 7 heteroatoms. The second kappa shape index (κ2) is 8.36. The fraction of sp³-hybridized carbons (Fsp3) is 0.421. The molecule has 0 unspecified atom stereocenters. The molecule has 3 rings (SSSR count). The highest BCUT2D eigenvalue weighted by Gasteiger charge is 2.22. The van der Waals surface area contributed by atoms with Crippen molar-refractivity contribution in [2.24, 2.45) is 0 Å². The minimum Gasteiger partial charge on any atom is -0.352 e. The van der Waals surface area contributed by atoms with E-state index in [1.54, 1.807) is 6.92 Å². The Morgan fingerprint density at radius 1 is 1.19 bits per heavy atom. The number of nitrogens with zero attached hydrogens (tertiary/aromatic N) is 2. The summed E-state index contributed by atoms with van der Waals surface area (Å²) >= 11 is 6.37. The molecule has 1 aliphatic rings. The summed E-state index contributed by atoms with van der Waals surface area (Å²) in [7, 11) is 0. The number of hydrogen-bond acceptors (Lipinski definition) is 3. The number of aryl methyl sites for hydroxylation is 1. The van der Waals surface area contributed by atoms with Gasteiger partial charge in [0.05, 0.1) is 23.5 Å². The van der Waals surface area contributed by atoms with Crippen LogP contribution in [0.2, 0.25) is 5.15 Å². The van der Waals surface area contributed by atoms with E-state index in [0.717, 1.165) is 31.4 Å². The largest absolute Gasteiger partial charge is 0.352 e. The Balaban J connectivity index is 1.63. The van der Waals surface area contributed by atoms with Crippen LogP contribution in [0.4, 0.5) is 0 Å². The molecule has 2 N–H and O–H groups in total. The van der Waals surface area contributed by atoms with E-state index in [2.05, 4.69) is 15.7 Å². The third kappa shape index (κ3) is 4.25. The Bertz CT molecular complexity index is 782. The lowest BCUT2D eigenvalue weighted by Crippen LogP contribution is -2.42. The van der Waals surface area contributed by atoms with Crippen molar-refractivity contribution >= 4 is 23.4 Å². The molecule has 2 amide bonds. The van der Waals surface area contributed by atoms with Crippen LogP contribution in [-0.4, -0.2) is 34.2 Å². The van der Waals surface area contributed by atoms with E-state index in [1.807, 2.05) is 30.3 Å². The molecule has 1 fully saturated rings. The SMILES string of the molecule is Cc1nn(-c2ccccc2)c(Cl)c1C(=O)NCC(=O)NC1CCCCC1. The van der Waals surface area contributed by atoms with Gasteiger partial charge in [-0.05, 0) is 31.9 Å². The van der Waals surface area contributed by atoms with Gasteiger partial charge in [-0.1, -0.05) is 49.1 Å². The number of hydrogen-bond donors (Lipinski definition) is 2. The van der Waals surface area contributed by atoms with E-state index < -0.39 is 5.91 Å². The Kier molecular flexibility index (Phi) is 5.93. The summed E-state index contributed by atoms with van der Waals surface area (Å²) in [4.78, 5) is 24.6. The van der Waals surface area contributed by atoms with E-state index in [9.17, 15) is 9.59 Å². The average Bonchev–Trinajstić information content (AvgIpc) is 2.96. The van der Waals surface area contributed by atoms with Gasteiger partial charge in [0.15, 0.2) is 0 Å². The number of benzene rings is 1. The smallest absolute Gasteiger partial charge is 0.256 e. The van der Waals surface area contributed by atoms with Crippen molar-refractivity contribution < 1.29 is 9.59 Å². The van der Waals surface area contributed by atoms with Gasteiger partial charge in [0.25, 0.3) is 5.91 Å². The Morgan fingerprint density at radius 3 is 2.58 bits per heavy atom. The molecule has 1 aromatic heterocycles. The van der Waals surface area contributed by atoms with Gasteiger partial charge in [-0.15, -0.1) is 0 Å². The summed E-state index contributed by atoms with van der Waals surface area (Å²) in [5.74, 6) is -0.567. The summed E-state index contributed by atoms with van der Waals surface area (Å²) in [6, 6.07) is 9.58. The lowest BCUT2D eigenvalue weighted by molar-refractivity contribution is -0.121. The highest BCUT2D eigenvalue weighted by molar-refractivity contribution is 6.33. The van der Waals surface area contributed by atoms with Gasteiger partial charge in [0.2, 0.25) is 5.91 Å². The number of carbonyl (C=O) groups excluding carboxylic acids is 2. The zero-order valence-electron chi connectivity index (χ0n) is 14.8. The molecule has 0 bridgehead atoms. The zero-order valence-corrected chi connectivity index (χ0v) is 15.6. The van der Waals surface area contributed by atoms with Crippen LogP contribution in [0.5, 0.6) is 0 Å². The normalized spacial score (nSPS) is 14.8. The molecule has 138 valence electrons. The van der Waals surface area contributed by atoms with Crippen molar-refractivity contribution in [2.45, 2.75) is 45.1 Å². The second-order valence-electron chi connectivity index (χ2n) is 6.58. The van der Waals surface area contributed by atoms with Gasteiger partial charge < -0.3 is 10.6 Å². The Hall–Kier alpha value is -2.34. The maximum absolute atomic E-state index is 12.5. The fourth-order valence-corrected chi connectivity index (χ4v) is 3.63. The molecule has 2 aromatic rings. The molecule has 0 saturated heterocycles. The minimum atomic E-state index is -0.395. The van der Waals surface area contributed by atoms with Gasteiger partial charge >= 0.3 is 0 Å². The third-order valence-electron chi connectivity index (χ3n) is 4.61. The molecular formula is C19H23ClN4O2. The van der Waals surface area contributed by atoms with E-state index in [1.165, 1.54) is 11.1 Å². The zero-order chi connectivity index (χ0) is 18.5. The van der Waals surface area contributed by atoms with Crippen LogP contribution in [-0.2, 0) is 4.79 Å². The van der Waals surface area contributed by atoms with Crippen LogP contribution in [0.1, 0.15) is 48.2 Å². The van der Waals surface area contributed by atoms with Crippen LogP contribution in [0.25, 0.3) is 5.69 Å². The van der Waals surface area contributed by atoms with Crippen LogP contribution in [0, 0.1) is 6.92 Å². The van der Waals surface area contributed by atoms with Gasteiger partial charge in [-0.25, -0.2) is 4.68 Å². The van der Waals surface area contributed by atoms with Crippen LogP contribution in [0.15, 0.2) is 30.3 Å². The maximum atomic E-state index is 12.5. The van der Waals surface area contributed by atoms with Crippen LogP contribution >= 0.6 is 11.6 Å².